The molecule has 0 fully saturated rings. The van der Waals surface area contributed by atoms with Gasteiger partial charge in [0, 0.05) is 39.3 Å². The first-order chi connectivity index (χ1) is 9.68. The molecular weight excluding hydrogens is 262 g/mol. The van der Waals surface area contributed by atoms with Crippen LogP contribution in [0.15, 0.2) is 12.7 Å². The predicted octanol–water partition coefficient (Wildman–Crippen LogP) is 1.76. The third kappa shape index (κ3) is 13.0. The van der Waals surface area contributed by atoms with Crippen LogP contribution in [-0.2, 0) is 0 Å². The molecule has 0 aromatic carbocycles. The van der Waals surface area contributed by atoms with Gasteiger partial charge in [0.15, 0.2) is 0 Å². The Morgan fingerprint density at radius 3 is 2.05 bits per heavy atom. The summed E-state index contributed by atoms with van der Waals surface area (Å²) in [5.74, 6) is 0. The van der Waals surface area contributed by atoms with Crippen LogP contribution >= 0.6 is 0 Å². The zero-order chi connectivity index (χ0) is 16.4. The number of hydrogen-bond donors (Lipinski definition) is 4. The van der Waals surface area contributed by atoms with E-state index in [1.54, 1.807) is 0 Å². The van der Waals surface area contributed by atoms with Gasteiger partial charge >= 0.3 is 0 Å². The molecule has 0 spiro atoms. The van der Waals surface area contributed by atoms with Crippen LogP contribution in [0.3, 0.4) is 0 Å². The minimum atomic E-state index is -0.279. The molecule has 0 rings (SSSR count). The normalized spacial score (nSPS) is 14.2. The van der Waals surface area contributed by atoms with E-state index in [1.807, 2.05) is 13.0 Å². The van der Waals surface area contributed by atoms with Gasteiger partial charge in [0.2, 0.25) is 0 Å². The summed E-state index contributed by atoms with van der Waals surface area (Å²) in [6.07, 6.45) is 2.74. The van der Waals surface area contributed by atoms with Crippen molar-refractivity contribution in [2.45, 2.75) is 47.1 Å². The molecule has 0 bridgehead atoms. The lowest BCUT2D eigenvalue weighted by Crippen LogP contribution is -2.40. The number of aliphatic hydroxyl groups excluding tert-OH is 1. The van der Waals surface area contributed by atoms with Crippen molar-refractivity contribution in [2.24, 2.45) is 10.8 Å². The fourth-order valence-corrected chi connectivity index (χ4v) is 2.85. The van der Waals surface area contributed by atoms with E-state index in [1.165, 1.54) is 0 Å². The van der Waals surface area contributed by atoms with E-state index in [0.717, 1.165) is 39.1 Å². The molecule has 0 aromatic rings. The molecule has 4 nitrogen and oxygen atoms in total. The summed E-state index contributed by atoms with van der Waals surface area (Å²) in [5.41, 5.74) is 0.482. The molecule has 1 unspecified atom stereocenters. The summed E-state index contributed by atoms with van der Waals surface area (Å²) in [4.78, 5) is 0. The largest absolute Gasteiger partial charge is 0.392 e. The van der Waals surface area contributed by atoms with Crippen molar-refractivity contribution in [1.82, 2.24) is 16.0 Å². The van der Waals surface area contributed by atoms with Gasteiger partial charge in [-0.1, -0.05) is 33.8 Å². The number of hydrogen-bond acceptors (Lipinski definition) is 4. The molecule has 126 valence electrons. The third-order valence-corrected chi connectivity index (χ3v) is 3.37. The molecule has 0 amide bonds. The topological polar surface area (TPSA) is 56.3 Å². The van der Waals surface area contributed by atoms with Crippen LogP contribution in [0.4, 0.5) is 0 Å². The standard InChI is InChI=1S/C17H37N3O/c1-7-8-18-9-10-19-13-16(3,4)12-17(5,6)14-20-11-15(2)21/h7,15,18-21H,1,8-14H2,2-6H3. The quantitative estimate of drug-likeness (QED) is 0.309. The average Bonchev–Trinajstić information content (AvgIpc) is 2.31. The smallest absolute Gasteiger partial charge is 0.0636 e. The molecule has 1 atom stereocenters. The fourth-order valence-electron chi connectivity index (χ4n) is 2.85. The SMILES string of the molecule is C=CCNCCNCC(C)(C)CC(C)(C)CNCC(C)O. The third-order valence-electron chi connectivity index (χ3n) is 3.37. The summed E-state index contributed by atoms with van der Waals surface area (Å²) in [7, 11) is 0. The second kappa shape index (κ2) is 10.3. The molecule has 0 aliphatic rings. The first kappa shape index (κ1) is 20.6. The van der Waals surface area contributed by atoms with Gasteiger partial charge in [-0.3, -0.25) is 0 Å². The van der Waals surface area contributed by atoms with Crippen LogP contribution in [0, 0.1) is 10.8 Å². The first-order valence-corrected chi connectivity index (χ1v) is 8.10. The maximum atomic E-state index is 9.30. The van der Waals surface area contributed by atoms with Gasteiger partial charge in [0.05, 0.1) is 6.10 Å². The maximum Gasteiger partial charge on any atom is 0.0636 e. The van der Waals surface area contributed by atoms with Crippen molar-refractivity contribution < 1.29 is 5.11 Å². The Morgan fingerprint density at radius 1 is 1.00 bits per heavy atom. The second-order valence-corrected chi connectivity index (χ2v) is 7.65. The highest BCUT2D eigenvalue weighted by atomic mass is 16.3. The van der Waals surface area contributed by atoms with Crippen molar-refractivity contribution >= 4 is 0 Å². The van der Waals surface area contributed by atoms with Gasteiger partial charge in [-0.05, 0) is 24.2 Å². The molecule has 0 aromatic heterocycles. The van der Waals surface area contributed by atoms with Gasteiger partial charge in [0.1, 0.15) is 0 Å². The summed E-state index contributed by atoms with van der Waals surface area (Å²) < 4.78 is 0. The van der Waals surface area contributed by atoms with Crippen molar-refractivity contribution in [3.8, 4) is 0 Å². The van der Waals surface area contributed by atoms with Crippen LogP contribution < -0.4 is 16.0 Å². The summed E-state index contributed by atoms with van der Waals surface area (Å²) in [6, 6.07) is 0. The Kier molecular flexibility index (Phi) is 10.1. The molecule has 0 saturated heterocycles. The molecule has 0 aliphatic heterocycles. The molecule has 4 heteroatoms. The Balaban J connectivity index is 3.93. The van der Waals surface area contributed by atoms with Gasteiger partial charge in [0.25, 0.3) is 0 Å². The van der Waals surface area contributed by atoms with Crippen molar-refractivity contribution in [2.75, 3.05) is 39.3 Å². The van der Waals surface area contributed by atoms with E-state index < -0.39 is 0 Å². The monoisotopic (exact) mass is 299 g/mol. The highest BCUT2D eigenvalue weighted by Gasteiger charge is 2.28. The van der Waals surface area contributed by atoms with Crippen LogP contribution in [-0.4, -0.2) is 50.5 Å². The van der Waals surface area contributed by atoms with Gasteiger partial charge in [-0.2, -0.15) is 0 Å². The summed E-state index contributed by atoms with van der Waals surface area (Å²) in [6.45, 7) is 20.1. The second-order valence-electron chi connectivity index (χ2n) is 7.65. The van der Waals surface area contributed by atoms with Crippen LogP contribution in [0.1, 0.15) is 41.0 Å². The lowest BCUT2D eigenvalue weighted by Gasteiger charge is -2.35. The Bertz CT molecular complexity index is 275. The number of nitrogens with one attached hydrogen (secondary N) is 3. The number of rotatable bonds is 13. The molecule has 0 heterocycles. The van der Waals surface area contributed by atoms with E-state index in [2.05, 4.69) is 50.2 Å². The number of aliphatic hydroxyl groups is 1. The van der Waals surface area contributed by atoms with E-state index >= 15 is 0 Å². The maximum absolute atomic E-state index is 9.30. The van der Waals surface area contributed by atoms with E-state index in [4.69, 9.17) is 0 Å². The average molecular weight is 300 g/mol. The van der Waals surface area contributed by atoms with E-state index in [9.17, 15) is 5.11 Å². The fraction of sp³-hybridized carbons (Fsp3) is 0.882. The Morgan fingerprint density at radius 2 is 1.52 bits per heavy atom. The minimum absolute atomic E-state index is 0.223. The molecule has 4 N–H and O–H groups in total. The predicted molar refractivity (Wildman–Crippen MR) is 92.7 cm³/mol. The van der Waals surface area contributed by atoms with E-state index in [0.29, 0.717) is 6.54 Å². The molecule has 0 saturated carbocycles. The zero-order valence-corrected chi connectivity index (χ0v) is 14.8. The van der Waals surface area contributed by atoms with Gasteiger partial charge < -0.3 is 21.1 Å². The van der Waals surface area contributed by atoms with Crippen molar-refractivity contribution in [3.05, 3.63) is 12.7 Å². The molecule has 21 heavy (non-hydrogen) atoms. The Labute approximate surface area is 131 Å². The van der Waals surface area contributed by atoms with E-state index in [-0.39, 0.29) is 16.9 Å². The van der Waals surface area contributed by atoms with Crippen LogP contribution in [0.25, 0.3) is 0 Å². The Hall–Kier alpha value is -0.420. The highest BCUT2D eigenvalue weighted by molar-refractivity contribution is 4.82. The van der Waals surface area contributed by atoms with Gasteiger partial charge in [-0.15, -0.1) is 6.58 Å². The lowest BCUT2D eigenvalue weighted by atomic mass is 9.75. The molecular formula is C17H37N3O. The summed E-state index contributed by atoms with van der Waals surface area (Å²) in [5, 5.41) is 19.5. The zero-order valence-electron chi connectivity index (χ0n) is 14.8. The van der Waals surface area contributed by atoms with Crippen LogP contribution in [0.5, 0.6) is 0 Å². The first-order valence-electron chi connectivity index (χ1n) is 8.10. The minimum Gasteiger partial charge on any atom is -0.392 e. The molecule has 0 aliphatic carbocycles. The van der Waals surface area contributed by atoms with Crippen LogP contribution in [0.2, 0.25) is 0 Å². The highest BCUT2D eigenvalue weighted by Crippen LogP contribution is 2.32. The van der Waals surface area contributed by atoms with Crippen molar-refractivity contribution in [1.29, 1.82) is 0 Å². The van der Waals surface area contributed by atoms with Gasteiger partial charge in [-0.25, -0.2) is 0 Å². The molecule has 0 radical (unpaired) electrons. The van der Waals surface area contributed by atoms with Crippen molar-refractivity contribution in [3.63, 3.8) is 0 Å². The summed E-state index contributed by atoms with van der Waals surface area (Å²) >= 11 is 0. The lowest BCUT2D eigenvalue weighted by molar-refractivity contribution is 0.161.